The van der Waals surface area contributed by atoms with E-state index in [1.165, 1.54) is 11.3 Å². The molecular formula is C28H24N8O3. The molecule has 2 aromatic heterocycles. The number of aryl methyl sites for hydroxylation is 2. The molecule has 2 aliphatic rings. The molecule has 1 aliphatic heterocycles. The molecular weight excluding hydrogens is 496 g/mol. The number of nitrogens with zero attached hydrogens (tertiary/aromatic N) is 6. The Hall–Kier alpha value is -5.16. The lowest BCUT2D eigenvalue weighted by Gasteiger charge is -2.36. The lowest BCUT2D eigenvalue weighted by atomic mass is 9.80. The third-order valence-corrected chi connectivity index (χ3v) is 6.87. The van der Waals surface area contributed by atoms with Crippen LogP contribution in [0.15, 0.2) is 99.8 Å². The quantitative estimate of drug-likeness (QED) is 0.331. The second-order valence-electron chi connectivity index (χ2n) is 9.25. The largest absolute Gasteiger partial charge is 0.463 e. The molecule has 0 saturated carbocycles. The summed E-state index contributed by atoms with van der Waals surface area (Å²) in [4.78, 5) is 13.7. The lowest BCUT2D eigenvalue weighted by Crippen LogP contribution is -2.51. The highest BCUT2D eigenvalue weighted by Gasteiger charge is 2.45. The van der Waals surface area contributed by atoms with Crippen LogP contribution in [0.4, 0.5) is 5.69 Å². The van der Waals surface area contributed by atoms with Crippen LogP contribution >= 0.6 is 0 Å². The molecule has 4 aromatic rings. The first-order chi connectivity index (χ1) is 19.0. The average Bonchev–Trinajstić information content (AvgIpc) is 3.73. The third-order valence-electron chi connectivity index (χ3n) is 6.87. The number of rotatable bonds is 6. The van der Waals surface area contributed by atoms with Gasteiger partial charge in [-0.15, -0.1) is 5.10 Å². The van der Waals surface area contributed by atoms with E-state index in [4.69, 9.17) is 4.42 Å². The number of H-pyrrole nitrogens is 1. The Morgan fingerprint density at radius 1 is 1.10 bits per heavy atom. The van der Waals surface area contributed by atoms with Gasteiger partial charge in [-0.25, -0.2) is 5.10 Å². The van der Waals surface area contributed by atoms with Crippen LogP contribution in [0, 0.1) is 13.8 Å². The number of aromatic amines is 1. The van der Waals surface area contributed by atoms with E-state index in [-0.39, 0.29) is 17.2 Å². The molecule has 3 N–H and O–H groups in total. The van der Waals surface area contributed by atoms with Gasteiger partial charge in [-0.3, -0.25) is 10.2 Å². The van der Waals surface area contributed by atoms with Crippen molar-refractivity contribution >= 4 is 28.6 Å². The van der Waals surface area contributed by atoms with Crippen LogP contribution in [0.5, 0.6) is 0 Å². The number of carbonyl (C=O) groups is 1. The Morgan fingerprint density at radius 2 is 1.95 bits per heavy atom. The van der Waals surface area contributed by atoms with Crippen molar-refractivity contribution in [2.75, 3.05) is 5.01 Å². The van der Waals surface area contributed by atoms with Gasteiger partial charge in [-0.1, -0.05) is 48.6 Å². The highest BCUT2D eigenvalue weighted by molar-refractivity contribution is 6.74. The van der Waals surface area contributed by atoms with E-state index >= 15 is 0 Å². The number of anilines is 1. The summed E-state index contributed by atoms with van der Waals surface area (Å²) in [5, 5.41) is 36.3. The van der Waals surface area contributed by atoms with Gasteiger partial charge >= 0.3 is 5.91 Å². The van der Waals surface area contributed by atoms with Gasteiger partial charge in [0.1, 0.15) is 6.10 Å². The Morgan fingerprint density at radius 3 is 2.67 bits per heavy atom. The maximum atomic E-state index is 13.7. The lowest BCUT2D eigenvalue weighted by molar-refractivity contribution is -0.112. The number of carbonyl (C=O) groups excluding carboxylic acids is 1. The van der Waals surface area contributed by atoms with Gasteiger partial charge in [0.15, 0.2) is 28.5 Å². The fourth-order valence-electron chi connectivity index (χ4n) is 4.57. The zero-order valence-corrected chi connectivity index (χ0v) is 21.1. The molecule has 194 valence electrons. The average molecular weight is 521 g/mol. The van der Waals surface area contributed by atoms with Gasteiger partial charge in [0, 0.05) is 0 Å². The second-order valence-corrected chi connectivity index (χ2v) is 9.25. The summed E-state index contributed by atoms with van der Waals surface area (Å²) in [6.07, 6.45) is 5.62. The molecule has 1 amide bonds. The minimum atomic E-state index is -1.42. The molecule has 39 heavy (non-hydrogen) atoms. The molecule has 3 heterocycles. The number of hydrogen-bond acceptors (Lipinski definition) is 9. The van der Waals surface area contributed by atoms with Crippen LogP contribution in [0.3, 0.4) is 0 Å². The van der Waals surface area contributed by atoms with Crippen LogP contribution in [0.2, 0.25) is 0 Å². The number of nitrogens with one attached hydrogen (secondary N) is 2. The molecule has 0 radical (unpaired) electrons. The number of aliphatic hydroxyl groups is 1. The molecule has 0 fully saturated rings. The molecule has 2 unspecified atom stereocenters. The predicted molar refractivity (Wildman–Crippen MR) is 145 cm³/mol. The van der Waals surface area contributed by atoms with E-state index in [1.807, 2.05) is 68.5 Å². The van der Waals surface area contributed by atoms with Gasteiger partial charge < -0.3 is 9.52 Å². The van der Waals surface area contributed by atoms with E-state index in [0.29, 0.717) is 17.0 Å². The van der Waals surface area contributed by atoms with Gasteiger partial charge in [0.05, 0.1) is 12.0 Å². The molecule has 2 aromatic carbocycles. The summed E-state index contributed by atoms with van der Waals surface area (Å²) < 4.78 is 5.58. The van der Waals surface area contributed by atoms with Crippen molar-refractivity contribution in [3.05, 3.63) is 113 Å². The number of hydrazone groups is 2. The molecule has 0 spiro atoms. The van der Waals surface area contributed by atoms with E-state index in [1.54, 1.807) is 24.3 Å². The SMILES string of the molecule is Cc1ccc(N2N=C(c3ccco3)C(=NNC3(c4nnn[nH]4)C=CC=C(c4ccccc4)C3O)C2=O)cc1C. The molecule has 11 heteroatoms. The van der Waals surface area contributed by atoms with Gasteiger partial charge in [0.2, 0.25) is 0 Å². The highest BCUT2D eigenvalue weighted by atomic mass is 16.3. The number of amides is 1. The summed E-state index contributed by atoms with van der Waals surface area (Å²) in [7, 11) is 0. The van der Waals surface area contributed by atoms with Crippen LogP contribution < -0.4 is 10.4 Å². The van der Waals surface area contributed by atoms with Crippen molar-refractivity contribution in [1.82, 2.24) is 26.0 Å². The number of hydrogen-bond donors (Lipinski definition) is 3. The van der Waals surface area contributed by atoms with Crippen molar-refractivity contribution in [2.45, 2.75) is 25.5 Å². The molecule has 11 nitrogen and oxygen atoms in total. The highest BCUT2D eigenvalue weighted by Crippen LogP contribution is 2.36. The van der Waals surface area contributed by atoms with E-state index in [9.17, 15) is 9.90 Å². The number of tetrazole rings is 1. The summed E-state index contributed by atoms with van der Waals surface area (Å²) in [6, 6.07) is 18.5. The van der Waals surface area contributed by atoms with Gasteiger partial charge in [0.25, 0.3) is 0 Å². The monoisotopic (exact) mass is 520 g/mol. The Labute approximate surface area is 223 Å². The first-order valence-corrected chi connectivity index (χ1v) is 12.2. The molecule has 1 aliphatic carbocycles. The van der Waals surface area contributed by atoms with Gasteiger partial charge in [-0.05, 0) is 76.9 Å². The van der Waals surface area contributed by atoms with Crippen molar-refractivity contribution in [1.29, 1.82) is 0 Å². The molecule has 0 saturated heterocycles. The van der Waals surface area contributed by atoms with Gasteiger partial charge in [-0.2, -0.15) is 15.2 Å². The van der Waals surface area contributed by atoms with Crippen molar-refractivity contribution in [3.8, 4) is 0 Å². The number of allylic oxidation sites excluding steroid dienone is 2. The Kier molecular flexibility index (Phi) is 5.97. The molecule has 0 bridgehead atoms. The summed E-state index contributed by atoms with van der Waals surface area (Å²) >= 11 is 0. The summed E-state index contributed by atoms with van der Waals surface area (Å²) in [5.41, 5.74) is 5.99. The number of aliphatic hydroxyl groups excluding tert-OH is 1. The fourth-order valence-corrected chi connectivity index (χ4v) is 4.57. The first-order valence-electron chi connectivity index (χ1n) is 12.2. The van der Waals surface area contributed by atoms with Crippen molar-refractivity contribution in [2.24, 2.45) is 10.2 Å². The minimum Gasteiger partial charge on any atom is -0.463 e. The Bertz CT molecular complexity index is 1640. The zero-order valence-electron chi connectivity index (χ0n) is 21.1. The Balaban J connectivity index is 1.42. The van der Waals surface area contributed by atoms with Crippen LogP contribution in [0.1, 0.15) is 28.3 Å². The number of benzene rings is 2. The normalized spacial score (nSPS) is 21.8. The number of furan rings is 1. The third kappa shape index (κ3) is 4.14. The second kappa shape index (κ2) is 9.62. The van der Waals surface area contributed by atoms with E-state index in [0.717, 1.165) is 16.7 Å². The number of aromatic nitrogens is 4. The zero-order chi connectivity index (χ0) is 27.0. The fraction of sp³-hybridized carbons (Fsp3) is 0.143. The maximum absolute atomic E-state index is 13.7. The standard InChI is InChI=1S/C28H24N8O3/c1-17-12-13-20(16-18(17)2)36-26(38)24(23(32-36)22-11-7-15-39-22)29-33-28(27-30-34-35-31-27)14-6-10-21(25(28)37)19-8-4-3-5-9-19/h3-16,25,33,37H,1-2H3,(H,30,31,34,35). The smallest absolute Gasteiger partial charge is 0.301 e. The molecule has 6 rings (SSSR count). The van der Waals surface area contributed by atoms with Crippen LogP contribution in [-0.2, 0) is 10.3 Å². The van der Waals surface area contributed by atoms with Crippen LogP contribution in [0.25, 0.3) is 5.57 Å². The van der Waals surface area contributed by atoms with Crippen LogP contribution in [-0.4, -0.2) is 49.2 Å². The molecule has 2 atom stereocenters. The summed E-state index contributed by atoms with van der Waals surface area (Å²) in [5.74, 6) is 0.122. The summed E-state index contributed by atoms with van der Waals surface area (Å²) in [6.45, 7) is 3.97. The van der Waals surface area contributed by atoms with E-state index in [2.05, 4.69) is 36.3 Å². The van der Waals surface area contributed by atoms with Crippen molar-refractivity contribution in [3.63, 3.8) is 0 Å². The van der Waals surface area contributed by atoms with E-state index < -0.39 is 17.6 Å². The van der Waals surface area contributed by atoms with Crippen molar-refractivity contribution < 1.29 is 14.3 Å². The minimum absolute atomic E-state index is 0.00596. The first kappa shape index (κ1) is 24.2. The predicted octanol–water partition coefficient (Wildman–Crippen LogP) is 3.02. The topological polar surface area (TPSA) is 145 Å². The maximum Gasteiger partial charge on any atom is 0.301 e.